The van der Waals surface area contributed by atoms with Gasteiger partial charge in [0.15, 0.2) is 5.11 Å². The molecule has 9 nitrogen and oxygen atoms in total. The summed E-state index contributed by atoms with van der Waals surface area (Å²) in [7, 11) is 0. The third-order valence-corrected chi connectivity index (χ3v) is 9.60. The Morgan fingerprint density at radius 2 is 1.54 bits per heavy atom. The fourth-order valence-electron chi connectivity index (χ4n) is 6.66. The second-order valence-corrected chi connectivity index (χ2v) is 12.7. The first-order chi connectivity index (χ1) is 23.2. The van der Waals surface area contributed by atoms with E-state index in [1.54, 1.807) is 30.3 Å². The van der Waals surface area contributed by atoms with Crippen molar-refractivity contribution in [2.45, 2.75) is 68.0 Å². The number of anilines is 1. The van der Waals surface area contributed by atoms with Gasteiger partial charge in [0.05, 0.1) is 24.8 Å². The van der Waals surface area contributed by atoms with E-state index in [1.807, 2.05) is 59.5 Å². The highest BCUT2D eigenvalue weighted by molar-refractivity contribution is 7.80. The Morgan fingerprint density at radius 1 is 0.854 bits per heavy atom. The predicted octanol–water partition coefficient (Wildman–Crippen LogP) is 4.42. The average molecular weight is 675 g/mol. The highest BCUT2D eigenvalue weighted by atomic mass is 32.1. The first kappa shape index (κ1) is 33.9. The van der Waals surface area contributed by atoms with Gasteiger partial charge in [0.2, 0.25) is 0 Å². The summed E-state index contributed by atoms with van der Waals surface area (Å²) >= 11 is 5.79. The molecule has 2 saturated heterocycles. The zero-order valence-corrected chi connectivity index (χ0v) is 26.8. The molecule has 6 rings (SSSR count). The molecule has 0 amide bonds. The smallest absolute Gasteiger partial charge is 0.174 e. The number of benzene rings is 4. The fraction of sp³-hybridized carbons (Fsp3) is 0.324. The van der Waals surface area contributed by atoms with Crippen LogP contribution < -0.4 is 10.2 Å². The highest BCUT2D eigenvalue weighted by Crippen LogP contribution is 2.42. The molecular weight excluding hydrogens is 635 g/mol. The first-order valence-electron chi connectivity index (χ1n) is 16.0. The van der Waals surface area contributed by atoms with Crippen molar-refractivity contribution in [1.82, 2.24) is 5.32 Å². The molecule has 0 aromatic heterocycles. The highest BCUT2D eigenvalue weighted by Gasteiger charge is 2.44. The van der Waals surface area contributed by atoms with Crippen molar-refractivity contribution in [1.29, 1.82) is 0 Å². The van der Waals surface area contributed by atoms with Crippen LogP contribution in [0.4, 0.5) is 10.1 Å². The minimum absolute atomic E-state index is 0.0827. The monoisotopic (exact) mass is 674 g/mol. The van der Waals surface area contributed by atoms with Crippen molar-refractivity contribution in [2.75, 3.05) is 11.5 Å². The minimum atomic E-state index is -1.47. The Labute approximate surface area is 283 Å². The zero-order chi connectivity index (χ0) is 33.9. The Morgan fingerprint density at radius 3 is 2.21 bits per heavy atom. The Hall–Kier alpha value is -3.94. The Balaban J connectivity index is 1.22. The molecule has 2 fully saturated rings. The summed E-state index contributed by atoms with van der Waals surface area (Å²) in [6, 6.07) is 27.6. The number of halogens is 1. The standard InChI is InChI=1S/C37H39FN2O7S/c38-25-16-13-22(14-17-25)29(42)8-4-7-28-32(40(37(48)39-28)26-5-2-1-3-6-26)27-18-15-24(19-30(27)43)21-9-11-23(12-10-21)36-35(46)34(45)33(44)31(20-41)47-36/h1-3,5-6,9-19,28-29,31-36,41-46H,4,7-8,20H2,(H,39,48)/t28-,29?,31-,32-,33-,34+,35-,36+/m1/s1. The van der Waals surface area contributed by atoms with Gasteiger partial charge in [-0.05, 0) is 84.1 Å². The van der Waals surface area contributed by atoms with Crippen molar-refractivity contribution in [3.63, 3.8) is 0 Å². The molecule has 0 saturated carbocycles. The molecule has 0 aliphatic carbocycles. The number of hydrogen-bond acceptors (Lipinski definition) is 8. The number of nitrogens with one attached hydrogen (secondary N) is 1. The summed E-state index contributed by atoms with van der Waals surface area (Å²) in [5.41, 5.74) is 4.31. The van der Waals surface area contributed by atoms with Gasteiger partial charge in [-0.25, -0.2) is 4.39 Å². The molecule has 4 aromatic rings. The largest absolute Gasteiger partial charge is 0.508 e. The van der Waals surface area contributed by atoms with Crippen LogP contribution in [0.3, 0.4) is 0 Å². The fourth-order valence-corrected chi connectivity index (χ4v) is 7.03. The van der Waals surface area contributed by atoms with Crippen LogP contribution in [0, 0.1) is 5.82 Å². The lowest BCUT2D eigenvalue weighted by Crippen LogP contribution is -2.55. The lowest BCUT2D eigenvalue weighted by atomic mass is 9.90. The second-order valence-electron chi connectivity index (χ2n) is 12.3. The number of hydrogen-bond donors (Lipinski definition) is 7. The summed E-state index contributed by atoms with van der Waals surface area (Å²) in [6.45, 7) is -0.507. The molecule has 2 heterocycles. The number of aliphatic hydroxyl groups is 5. The van der Waals surface area contributed by atoms with E-state index in [2.05, 4.69) is 5.32 Å². The van der Waals surface area contributed by atoms with Gasteiger partial charge in [-0.2, -0.15) is 0 Å². The Kier molecular flexibility index (Phi) is 10.4. The van der Waals surface area contributed by atoms with Crippen molar-refractivity contribution in [2.24, 2.45) is 0 Å². The number of rotatable bonds is 10. The molecule has 11 heteroatoms. The van der Waals surface area contributed by atoms with Crippen LogP contribution in [0.25, 0.3) is 11.1 Å². The number of nitrogens with zero attached hydrogens (tertiary/aromatic N) is 1. The molecular formula is C37H39FN2O7S. The minimum Gasteiger partial charge on any atom is -0.508 e. The van der Waals surface area contributed by atoms with Gasteiger partial charge in [-0.3, -0.25) is 0 Å². The maximum Gasteiger partial charge on any atom is 0.174 e. The van der Waals surface area contributed by atoms with Crippen molar-refractivity contribution >= 4 is 23.0 Å². The van der Waals surface area contributed by atoms with Gasteiger partial charge in [0.1, 0.15) is 42.1 Å². The lowest BCUT2D eigenvalue weighted by Gasteiger charge is -2.40. The van der Waals surface area contributed by atoms with E-state index < -0.39 is 43.2 Å². The van der Waals surface area contributed by atoms with Gasteiger partial charge in [0.25, 0.3) is 0 Å². The quantitative estimate of drug-likeness (QED) is 0.121. The molecule has 0 bridgehead atoms. The van der Waals surface area contributed by atoms with Crippen LogP contribution in [0.2, 0.25) is 0 Å². The average Bonchev–Trinajstić information content (AvgIpc) is 3.43. The summed E-state index contributed by atoms with van der Waals surface area (Å²) in [6.07, 6.45) is -5.20. The first-order valence-corrected chi connectivity index (χ1v) is 16.4. The van der Waals surface area contributed by atoms with Crippen LogP contribution in [0.1, 0.15) is 54.2 Å². The zero-order valence-electron chi connectivity index (χ0n) is 26.0. The Bertz CT molecular complexity index is 1690. The molecule has 252 valence electrons. The molecule has 0 spiro atoms. The summed E-state index contributed by atoms with van der Waals surface area (Å²) in [4.78, 5) is 2.00. The van der Waals surface area contributed by atoms with Crippen LogP contribution in [-0.2, 0) is 4.74 Å². The van der Waals surface area contributed by atoms with Gasteiger partial charge < -0.3 is 45.6 Å². The number of phenolic OH excluding ortho intramolecular Hbond substituents is 1. The van der Waals surface area contributed by atoms with Gasteiger partial charge in [-0.15, -0.1) is 0 Å². The van der Waals surface area contributed by atoms with Crippen LogP contribution in [0.15, 0.2) is 97.1 Å². The van der Waals surface area contributed by atoms with Crippen molar-refractivity contribution < 1.29 is 39.8 Å². The topological polar surface area (TPSA) is 146 Å². The molecule has 1 unspecified atom stereocenters. The number of phenols is 1. The van der Waals surface area contributed by atoms with Crippen molar-refractivity contribution in [3.8, 4) is 16.9 Å². The van der Waals surface area contributed by atoms with Crippen LogP contribution in [-0.4, -0.2) is 72.8 Å². The van der Waals surface area contributed by atoms with Crippen LogP contribution >= 0.6 is 12.2 Å². The normalized spacial score (nSPS) is 26.3. The van der Waals surface area contributed by atoms with E-state index in [0.29, 0.717) is 41.1 Å². The van der Waals surface area contributed by atoms with E-state index in [1.165, 1.54) is 12.1 Å². The van der Waals surface area contributed by atoms with Gasteiger partial charge in [-0.1, -0.05) is 66.7 Å². The van der Waals surface area contributed by atoms with Crippen LogP contribution in [0.5, 0.6) is 5.75 Å². The SMILES string of the molecule is OC[C@H]1O[C@@H](c2ccc(-c3ccc([C@@H]4[C@@H](CCCC(O)c5ccc(F)cc5)NC(=S)N4c4ccccc4)c(O)c3)cc2)[C@H](O)[C@@H](O)[C@@H]1O. The van der Waals surface area contributed by atoms with E-state index in [-0.39, 0.29) is 23.7 Å². The van der Waals surface area contributed by atoms with E-state index >= 15 is 0 Å². The van der Waals surface area contributed by atoms with E-state index in [0.717, 1.165) is 16.8 Å². The molecule has 2 aliphatic heterocycles. The molecule has 7 N–H and O–H groups in total. The number of ether oxygens (including phenoxy) is 1. The summed E-state index contributed by atoms with van der Waals surface area (Å²) in [5.74, 6) is -0.270. The lowest BCUT2D eigenvalue weighted by molar-refractivity contribution is -0.231. The molecule has 8 atom stereocenters. The van der Waals surface area contributed by atoms with Gasteiger partial charge in [0, 0.05) is 11.3 Å². The number of aliphatic hydroxyl groups excluding tert-OH is 5. The number of aromatic hydroxyl groups is 1. The third kappa shape index (κ3) is 6.94. The summed E-state index contributed by atoms with van der Waals surface area (Å²) in [5, 5.41) is 66.5. The van der Waals surface area contributed by atoms with Gasteiger partial charge >= 0.3 is 0 Å². The molecule has 4 aromatic carbocycles. The third-order valence-electron chi connectivity index (χ3n) is 9.28. The second kappa shape index (κ2) is 14.7. The summed E-state index contributed by atoms with van der Waals surface area (Å²) < 4.78 is 19.0. The molecule has 0 radical (unpaired) electrons. The maximum atomic E-state index is 13.4. The number of para-hydroxylation sites is 1. The number of thiocarbonyl (C=S) groups is 1. The van der Waals surface area contributed by atoms with E-state index in [9.17, 15) is 35.0 Å². The molecule has 48 heavy (non-hydrogen) atoms. The van der Waals surface area contributed by atoms with E-state index in [4.69, 9.17) is 17.0 Å². The predicted molar refractivity (Wildman–Crippen MR) is 183 cm³/mol. The molecule has 2 aliphatic rings. The maximum absolute atomic E-state index is 13.4. The van der Waals surface area contributed by atoms with Crippen molar-refractivity contribution in [3.05, 3.63) is 120 Å².